The molecule has 0 radical (unpaired) electrons. The quantitative estimate of drug-likeness (QED) is 0.723. The fourth-order valence-electron chi connectivity index (χ4n) is 1.18. The van der Waals surface area contributed by atoms with Crippen molar-refractivity contribution in [3.05, 3.63) is 24.0 Å². The molecule has 0 aliphatic heterocycles. The van der Waals surface area contributed by atoms with Crippen LogP contribution < -0.4 is 5.32 Å². The molecule has 0 bridgehead atoms. The zero-order valence-corrected chi connectivity index (χ0v) is 7.62. The van der Waals surface area contributed by atoms with Crippen molar-refractivity contribution in [2.75, 3.05) is 6.54 Å². The van der Waals surface area contributed by atoms with E-state index in [0.29, 0.717) is 6.04 Å². The topological polar surface area (TPSA) is 37.8 Å². The van der Waals surface area contributed by atoms with E-state index >= 15 is 0 Å². The van der Waals surface area contributed by atoms with Crippen molar-refractivity contribution in [3.63, 3.8) is 0 Å². The minimum Gasteiger partial charge on any atom is -0.314 e. The lowest BCUT2D eigenvalue weighted by molar-refractivity contribution is 0.556. The van der Waals surface area contributed by atoms with Crippen LogP contribution in [0, 0.1) is 0 Å². The van der Waals surface area contributed by atoms with Gasteiger partial charge in [-0.15, -0.1) is 0 Å². The number of likely N-dealkylation sites (N-methyl/N-ethyl adjacent to an activating group) is 1. The van der Waals surface area contributed by atoms with E-state index in [1.54, 1.807) is 6.20 Å². The number of hydrogen-bond donors (Lipinski definition) is 1. The van der Waals surface area contributed by atoms with Crippen molar-refractivity contribution in [3.8, 4) is 0 Å². The molecule has 1 rings (SSSR count). The van der Waals surface area contributed by atoms with E-state index < -0.39 is 0 Å². The molecule has 1 aromatic rings. The Morgan fingerprint density at radius 3 is 3.00 bits per heavy atom. The van der Waals surface area contributed by atoms with Gasteiger partial charge >= 0.3 is 0 Å². The van der Waals surface area contributed by atoms with Gasteiger partial charge in [-0.1, -0.05) is 6.92 Å². The van der Waals surface area contributed by atoms with Gasteiger partial charge in [0.15, 0.2) is 0 Å². The van der Waals surface area contributed by atoms with Crippen molar-refractivity contribution < 1.29 is 0 Å². The molecular formula is C9H15N3. The van der Waals surface area contributed by atoms with Crippen LogP contribution in [-0.4, -0.2) is 22.8 Å². The van der Waals surface area contributed by atoms with Gasteiger partial charge < -0.3 is 5.32 Å². The third kappa shape index (κ3) is 2.96. The molecule has 0 spiro atoms. The monoisotopic (exact) mass is 165 g/mol. The zero-order valence-electron chi connectivity index (χ0n) is 7.62. The van der Waals surface area contributed by atoms with Crippen LogP contribution in [0.15, 0.2) is 18.3 Å². The predicted molar refractivity (Wildman–Crippen MR) is 48.9 cm³/mol. The molecule has 12 heavy (non-hydrogen) atoms. The van der Waals surface area contributed by atoms with E-state index in [1.165, 1.54) is 0 Å². The van der Waals surface area contributed by atoms with E-state index in [-0.39, 0.29) is 0 Å². The van der Waals surface area contributed by atoms with Gasteiger partial charge in [-0.2, -0.15) is 10.2 Å². The van der Waals surface area contributed by atoms with E-state index in [4.69, 9.17) is 0 Å². The average Bonchev–Trinajstić information content (AvgIpc) is 2.06. The summed E-state index contributed by atoms with van der Waals surface area (Å²) in [5.74, 6) is 0. The fraction of sp³-hybridized carbons (Fsp3) is 0.556. The summed E-state index contributed by atoms with van der Waals surface area (Å²) in [7, 11) is 0. The summed E-state index contributed by atoms with van der Waals surface area (Å²) in [5, 5.41) is 11.2. The maximum Gasteiger partial charge on any atom is 0.0646 e. The van der Waals surface area contributed by atoms with Crippen molar-refractivity contribution in [1.82, 2.24) is 15.5 Å². The normalized spacial score (nSPS) is 12.8. The zero-order chi connectivity index (χ0) is 8.81. The average molecular weight is 165 g/mol. The largest absolute Gasteiger partial charge is 0.314 e. The first-order valence-corrected chi connectivity index (χ1v) is 4.33. The van der Waals surface area contributed by atoms with Crippen LogP contribution in [-0.2, 0) is 6.42 Å². The summed E-state index contributed by atoms with van der Waals surface area (Å²) in [6.45, 7) is 5.26. The van der Waals surface area contributed by atoms with Crippen molar-refractivity contribution >= 4 is 0 Å². The standard InChI is InChI=1S/C9H15N3/c1-3-10-8(2)7-9-5-4-6-11-12-9/h4-6,8,10H,3,7H2,1-2H3. The van der Waals surface area contributed by atoms with Gasteiger partial charge in [-0.05, 0) is 25.6 Å². The molecular weight excluding hydrogens is 150 g/mol. The van der Waals surface area contributed by atoms with Crippen LogP contribution >= 0.6 is 0 Å². The molecule has 0 amide bonds. The first-order chi connectivity index (χ1) is 5.83. The second-order valence-corrected chi connectivity index (χ2v) is 2.88. The smallest absolute Gasteiger partial charge is 0.0646 e. The molecule has 0 aliphatic rings. The number of rotatable bonds is 4. The molecule has 1 atom stereocenters. The Bertz CT molecular complexity index is 210. The van der Waals surface area contributed by atoms with E-state index in [9.17, 15) is 0 Å². The van der Waals surface area contributed by atoms with Gasteiger partial charge in [-0.3, -0.25) is 0 Å². The van der Waals surface area contributed by atoms with Gasteiger partial charge in [0.25, 0.3) is 0 Å². The molecule has 0 saturated heterocycles. The number of nitrogens with zero attached hydrogens (tertiary/aromatic N) is 2. The summed E-state index contributed by atoms with van der Waals surface area (Å²) in [6.07, 6.45) is 2.64. The maximum absolute atomic E-state index is 4.01. The second kappa shape index (κ2) is 4.83. The van der Waals surface area contributed by atoms with Crippen molar-refractivity contribution in [1.29, 1.82) is 0 Å². The summed E-state index contributed by atoms with van der Waals surface area (Å²) in [5.41, 5.74) is 1.05. The molecule has 1 aromatic heterocycles. The highest BCUT2D eigenvalue weighted by atomic mass is 15.1. The molecule has 1 unspecified atom stereocenters. The van der Waals surface area contributed by atoms with Gasteiger partial charge in [0.1, 0.15) is 0 Å². The Balaban J connectivity index is 2.41. The summed E-state index contributed by atoms with van der Waals surface area (Å²) in [6, 6.07) is 4.40. The molecule has 0 saturated carbocycles. The fourth-order valence-corrected chi connectivity index (χ4v) is 1.18. The second-order valence-electron chi connectivity index (χ2n) is 2.88. The lowest BCUT2D eigenvalue weighted by atomic mass is 10.2. The van der Waals surface area contributed by atoms with Gasteiger partial charge in [0, 0.05) is 18.7 Å². The molecule has 3 nitrogen and oxygen atoms in total. The third-order valence-corrected chi connectivity index (χ3v) is 1.70. The lowest BCUT2D eigenvalue weighted by Gasteiger charge is -2.10. The summed E-state index contributed by atoms with van der Waals surface area (Å²) >= 11 is 0. The Morgan fingerprint density at radius 1 is 1.58 bits per heavy atom. The van der Waals surface area contributed by atoms with Crippen LogP contribution in [0.25, 0.3) is 0 Å². The van der Waals surface area contributed by atoms with Crippen molar-refractivity contribution in [2.45, 2.75) is 26.3 Å². The molecule has 3 heteroatoms. The van der Waals surface area contributed by atoms with Crippen LogP contribution in [0.5, 0.6) is 0 Å². The van der Waals surface area contributed by atoms with Crippen LogP contribution in [0.4, 0.5) is 0 Å². The SMILES string of the molecule is CCNC(C)Cc1cccnn1. The predicted octanol–water partition coefficient (Wildman–Crippen LogP) is 1.02. The molecule has 66 valence electrons. The van der Waals surface area contributed by atoms with E-state index in [2.05, 4.69) is 29.4 Å². The highest BCUT2D eigenvalue weighted by Crippen LogP contribution is 1.96. The number of hydrogen-bond acceptors (Lipinski definition) is 3. The Kier molecular flexibility index (Phi) is 3.67. The summed E-state index contributed by atoms with van der Waals surface area (Å²) in [4.78, 5) is 0. The molecule has 0 aliphatic carbocycles. The van der Waals surface area contributed by atoms with Crippen LogP contribution in [0.3, 0.4) is 0 Å². The minimum absolute atomic E-state index is 0.478. The summed E-state index contributed by atoms with van der Waals surface area (Å²) < 4.78 is 0. The van der Waals surface area contributed by atoms with Crippen LogP contribution in [0.1, 0.15) is 19.5 Å². The molecule has 1 heterocycles. The Morgan fingerprint density at radius 2 is 2.42 bits per heavy atom. The Labute approximate surface area is 73.2 Å². The first-order valence-electron chi connectivity index (χ1n) is 4.33. The minimum atomic E-state index is 0.478. The van der Waals surface area contributed by atoms with Crippen molar-refractivity contribution in [2.24, 2.45) is 0 Å². The number of aromatic nitrogens is 2. The lowest BCUT2D eigenvalue weighted by Crippen LogP contribution is -2.27. The van der Waals surface area contributed by atoms with Gasteiger partial charge in [-0.25, -0.2) is 0 Å². The molecule has 0 fully saturated rings. The van der Waals surface area contributed by atoms with Crippen LogP contribution in [0.2, 0.25) is 0 Å². The molecule has 0 aromatic carbocycles. The molecule has 1 N–H and O–H groups in total. The van der Waals surface area contributed by atoms with Gasteiger partial charge in [0.05, 0.1) is 5.69 Å². The third-order valence-electron chi connectivity index (χ3n) is 1.70. The maximum atomic E-state index is 4.01. The van der Waals surface area contributed by atoms with E-state index in [1.807, 2.05) is 12.1 Å². The Hall–Kier alpha value is -0.960. The highest BCUT2D eigenvalue weighted by Gasteiger charge is 2.01. The highest BCUT2D eigenvalue weighted by molar-refractivity contribution is 5.00. The van der Waals surface area contributed by atoms with Gasteiger partial charge in [0.2, 0.25) is 0 Å². The first kappa shape index (κ1) is 9.13. The van der Waals surface area contributed by atoms with E-state index in [0.717, 1.165) is 18.7 Å². The number of nitrogens with one attached hydrogen (secondary N) is 1.